The zero-order valence-corrected chi connectivity index (χ0v) is 54.6. The fourth-order valence-electron chi connectivity index (χ4n) is 9.60. The zero-order chi connectivity index (χ0) is 59.3. The highest BCUT2D eigenvalue weighted by atomic mass is 31.2. The molecule has 1 N–H and O–H groups in total. The number of nitrogens with one attached hydrogen (secondary N) is 1. The molecule has 0 aliphatic rings. The summed E-state index contributed by atoms with van der Waals surface area (Å²) in [7, 11) is 1.18. The molecule has 470 valence electrons. The first-order valence-electron chi connectivity index (χ1n) is 33.9. The number of hydrogen-bond acceptors (Lipinski definition) is 7. The van der Waals surface area contributed by atoms with Gasteiger partial charge in [-0.25, -0.2) is 0 Å². The Kier molecular flexibility index (Phi) is 58.2. The van der Waals surface area contributed by atoms with Gasteiger partial charge in [0.2, 0.25) is 5.91 Å². The summed E-state index contributed by atoms with van der Waals surface area (Å²) in [6, 6.07) is -0.895. The first kappa shape index (κ1) is 78.2. The maximum atomic E-state index is 13.6. The first-order chi connectivity index (χ1) is 39.4. The van der Waals surface area contributed by atoms with Crippen molar-refractivity contribution in [3.8, 4) is 0 Å². The number of nitrogens with zero attached hydrogens (tertiary/aromatic N) is 1. The zero-order valence-electron chi connectivity index (χ0n) is 53.7. The van der Waals surface area contributed by atoms with E-state index in [1.165, 1.54) is 154 Å². The molecule has 0 fully saturated rings. The van der Waals surface area contributed by atoms with E-state index in [0.717, 1.165) is 116 Å². The molecular formula is C71H129N2O7P. The highest BCUT2D eigenvalue weighted by molar-refractivity contribution is 7.45. The van der Waals surface area contributed by atoms with Gasteiger partial charge in [0.1, 0.15) is 19.3 Å². The van der Waals surface area contributed by atoms with Gasteiger partial charge in [0.05, 0.1) is 33.8 Å². The Bertz CT molecular complexity index is 1660. The number of hydrogen-bond donors (Lipinski definition) is 1. The van der Waals surface area contributed by atoms with Gasteiger partial charge in [0.15, 0.2) is 0 Å². The standard InChI is InChI=1S/C71H129N2O7P/c1-7-10-13-16-19-22-25-27-29-31-32-33-34-35-36-37-38-39-40-42-43-45-48-51-54-57-60-63-70(74)72-68(67-79-81(76,77)78-66-65-73(4,5)6)69(62-59-56-53-50-47-24-21-18-15-12-9-3)80-71(75)64-61-58-55-52-49-46-44-41-30-28-26-23-20-17-14-11-8-2/h10,13,19,22,27-30,32-33,35-36,59,62,68-69H,7-9,11-12,14-18,20-21,23-26,31,34,37-58,60-61,63-67H2,1-6H3,(H-,72,74,76,77)/b13-10-,22-19-,29-27-,30-28+,33-32-,36-35-,62-59-. The third kappa shape index (κ3) is 61.6. The van der Waals surface area contributed by atoms with E-state index in [0.29, 0.717) is 17.4 Å². The number of amides is 1. The Morgan fingerprint density at radius 1 is 0.444 bits per heavy atom. The van der Waals surface area contributed by atoms with E-state index < -0.39 is 26.6 Å². The summed E-state index contributed by atoms with van der Waals surface area (Å²) in [5.41, 5.74) is 0. The topological polar surface area (TPSA) is 114 Å². The van der Waals surface area contributed by atoms with Gasteiger partial charge in [0.25, 0.3) is 7.82 Å². The van der Waals surface area contributed by atoms with E-state index in [9.17, 15) is 19.0 Å². The van der Waals surface area contributed by atoms with Crippen molar-refractivity contribution in [2.45, 2.75) is 315 Å². The molecule has 10 heteroatoms. The fraction of sp³-hybridized carbons (Fsp3) is 0.775. The summed E-state index contributed by atoms with van der Waals surface area (Å²) in [4.78, 5) is 40.1. The summed E-state index contributed by atoms with van der Waals surface area (Å²) in [6.45, 7) is 6.73. The fourth-order valence-corrected chi connectivity index (χ4v) is 10.3. The smallest absolute Gasteiger partial charge is 0.306 e. The van der Waals surface area contributed by atoms with Crippen LogP contribution in [0.4, 0.5) is 0 Å². The number of unbranched alkanes of at least 4 members (excludes halogenated alkanes) is 33. The van der Waals surface area contributed by atoms with E-state index >= 15 is 0 Å². The van der Waals surface area contributed by atoms with Crippen LogP contribution in [0.15, 0.2) is 85.1 Å². The number of carbonyl (C=O) groups excluding carboxylic acids is 2. The summed E-state index contributed by atoms with van der Waals surface area (Å²) in [6.07, 6.45) is 79.9. The Balaban J connectivity index is 5.05. The minimum Gasteiger partial charge on any atom is -0.756 e. The van der Waals surface area contributed by atoms with Gasteiger partial charge in [-0.05, 0) is 102 Å². The lowest BCUT2D eigenvalue weighted by atomic mass is 10.0. The summed E-state index contributed by atoms with van der Waals surface area (Å²) < 4.78 is 30.4. The van der Waals surface area contributed by atoms with Crippen molar-refractivity contribution in [3.05, 3.63) is 85.1 Å². The molecule has 3 atom stereocenters. The molecule has 1 amide bonds. The maximum absolute atomic E-state index is 13.6. The van der Waals surface area contributed by atoms with E-state index in [4.69, 9.17) is 13.8 Å². The summed E-state index contributed by atoms with van der Waals surface area (Å²) >= 11 is 0. The highest BCUT2D eigenvalue weighted by Crippen LogP contribution is 2.38. The number of phosphoric acid groups is 1. The molecule has 0 saturated carbocycles. The second kappa shape index (κ2) is 60.3. The molecule has 0 saturated heterocycles. The number of phosphoric ester groups is 1. The van der Waals surface area contributed by atoms with Gasteiger partial charge in [-0.2, -0.15) is 0 Å². The number of rotatable bonds is 61. The summed E-state index contributed by atoms with van der Waals surface area (Å²) in [5, 5.41) is 3.03. The van der Waals surface area contributed by atoms with E-state index in [1.54, 1.807) is 0 Å². The Morgan fingerprint density at radius 3 is 1.20 bits per heavy atom. The number of carbonyl (C=O) groups is 2. The molecule has 3 unspecified atom stereocenters. The van der Waals surface area contributed by atoms with Crippen LogP contribution in [0, 0.1) is 0 Å². The molecule has 9 nitrogen and oxygen atoms in total. The highest BCUT2D eigenvalue weighted by Gasteiger charge is 2.27. The largest absolute Gasteiger partial charge is 0.756 e. The molecular weight excluding hydrogens is 1020 g/mol. The van der Waals surface area contributed by atoms with Crippen LogP contribution in [0.1, 0.15) is 303 Å². The van der Waals surface area contributed by atoms with Crippen molar-refractivity contribution in [1.29, 1.82) is 0 Å². The third-order valence-corrected chi connectivity index (χ3v) is 15.8. The van der Waals surface area contributed by atoms with Crippen molar-refractivity contribution in [2.24, 2.45) is 0 Å². The molecule has 0 bridgehead atoms. The molecule has 0 heterocycles. The van der Waals surface area contributed by atoms with E-state index in [1.807, 2.05) is 33.3 Å². The summed E-state index contributed by atoms with van der Waals surface area (Å²) in [5.74, 6) is -0.546. The molecule has 0 aromatic heterocycles. The average Bonchev–Trinajstić information content (AvgIpc) is 3.43. The van der Waals surface area contributed by atoms with Gasteiger partial charge < -0.3 is 28.5 Å². The molecule has 0 rings (SSSR count). The van der Waals surface area contributed by atoms with Crippen LogP contribution in [0.3, 0.4) is 0 Å². The monoisotopic (exact) mass is 1150 g/mol. The number of esters is 1. The first-order valence-corrected chi connectivity index (χ1v) is 35.4. The lowest BCUT2D eigenvalue weighted by molar-refractivity contribution is -0.870. The Morgan fingerprint density at radius 2 is 0.790 bits per heavy atom. The molecule has 81 heavy (non-hydrogen) atoms. The van der Waals surface area contributed by atoms with Crippen molar-refractivity contribution in [2.75, 3.05) is 40.9 Å². The van der Waals surface area contributed by atoms with Crippen LogP contribution in [-0.2, 0) is 27.9 Å². The minimum absolute atomic E-state index is 0.0258. The lowest BCUT2D eigenvalue weighted by Crippen LogP contribution is -2.47. The SMILES string of the molecule is CC/C=C\C/C=C\C/C=C\C/C=C\C/C=C\CCCCCCCCCCCCCC(=O)NC(COP(=O)([O-])OCC[N+](C)(C)C)C(/C=C\CCCCCCCCCCC)OC(=O)CCCCCCCCC/C=C/CCCCCCCC. The second-order valence-corrected chi connectivity index (χ2v) is 25.4. The number of quaternary nitrogens is 1. The maximum Gasteiger partial charge on any atom is 0.306 e. The number of likely N-dealkylation sites (N-methyl/N-ethyl adjacent to an activating group) is 1. The van der Waals surface area contributed by atoms with Gasteiger partial charge in [-0.3, -0.25) is 14.2 Å². The number of ether oxygens (including phenoxy) is 1. The Hall–Kier alpha value is -2.81. The van der Waals surface area contributed by atoms with Crippen molar-refractivity contribution in [1.82, 2.24) is 5.32 Å². The second-order valence-electron chi connectivity index (χ2n) is 23.9. The van der Waals surface area contributed by atoms with Crippen molar-refractivity contribution < 1.29 is 37.3 Å². The minimum atomic E-state index is -4.70. The van der Waals surface area contributed by atoms with Crippen LogP contribution < -0.4 is 10.2 Å². The van der Waals surface area contributed by atoms with Gasteiger partial charge >= 0.3 is 5.97 Å². The van der Waals surface area contributed by atoms with Crippen LogP contribution >= 0.6 is 7.82 Å². The van der Waals surface area contributed by atoms with Crippen LogP contribution in [0.25, 0.3) is 0 Å². The van der Waals surface area contributed by atoms with Gasteiger partial charge in [-0.1, -0.05) is 273 Å². The van der Waals surface area contributed by atoms with Crippen molar-refractivity contribution in [3.63, 3.8) is 0 Å². The van der Waals surface area contributed by atoms with E-state index in [2.05, 4.69) is 99.0 Å². The van der Waals surface area contributed by atoms with Crippen molar-refractivity contribution >= 4 is 19.7 Å². The molecule has 0 radical (unpaired) electrons. The average molecular weight is 1150 g/mol. The van der Waals surface area contributed by atoms with E-state index in [-0.39, 0.29) is 24.9 Å². The number of allylic oxidation sites excluding steroid dienone is 13. The Labute approximate surface area is 501 Å². The third-order valence-electron chi connectivity index (χ3n) is 14.8. The van der Waals surface area contributed by atoms with Gasteiger partial charge in [0, 0.05) is 12.8 Å². The quantitative estimate of drug-likeness (QED) is 0.0212. The molecule has 0 aromatic carbocycles. The molecule has 0 aliphatic heterocycles. The van der Waals surface area contributed by atoms with Crippen LogP contribution in [0.2, 0.25) is 0 Å². The molecule has 0 aliphatic carbocycles. The molecule has 0 spiro atoms. The van der Waals surface area contributed by atoms with Crippen LogP contribution in [-0.4, -0.2) is 69.4 Å². The van der Waals surface area contributed by atoms with Crippen LogP contribution in [0.5, 0.6) is 0 Å². The predicted molar refractivity (Wildman–Crippen MR) is 348 cm³/mol. The van der Waals surface area contributed by atoms with Gasteiger partial charge in [-0.15, -0.1) is 0 Å². The normalized spacial score (nSPS) is 14.1. The molecule has 0 aromatic rings. The lowest BCUT2D eigenvalue weighted by Gasteiger charge is -2.30. The predicted octanol–water partition coefficient (Wildman–Crippen LogP) is 20.7.